The zero-order valence-corrected chi connectivity index (χ0v) is 14.4. The predicted molar refractivity (Wildman–Crippen MR) is 89.0 cm³/mol. The minimum absolute atomic E-state index is 0.0259. The maximum absolute atomic E-state index is 12.0. The second-order valence-electron chi connectivity index (χ2n) is 5.40. The van der Waals surface area contributed by atoms with E-state index in [1.54, 1.807) is 12.3 Å². The van der Waals surface area contributed by atoms with Gasteiger partial charge in [-0.05, 0) is 31.9 Å². The molecule has 0 bridgehead atoms. The first-order chi connectivity index (χ1) is 10.4. The average Bonchev–Trinajstić information content (AvgIpc) is 2.85. The van der Waals surface area contributed by atoms with Crippen LogP contribution in [0.3, 0.4) is 0 Å². The zero-order chi connectivity index (χ0) is 16.2. The quantitative estimate of drug-likeness (QED) is 0.783. The summed E-state index contributed by atoms with van der Waals surface area (Å²) in [6.07, 6.45) is 4.58. The van der Waals surface area contributed by atoms with Crippen LogP contribution in [0.15, 0.2) is 23.4 Å². The SMILES string of the molecule is CSc1ncccc1NC(=O)CCN(C)C1CCS(=O)(=O)C1. The first kappa shape index (κ1) is 17.2. The molecule has 2 rings (SSSR count). The number of pyridine rings is 1. The summed E-state index contributed by atoms with van der Waals surface area (Å²) in [5.74, 6) is 0.363. The molecule has 1 fully saturated rings. The Hall–Kier alpha value is -1.12. The molecule has 122 valence electrons. The van der Waals surface area contributed by atoms with Gasteiger partial charge in [0.15, 0.2) is 9.84 Å². The highest BCUT2D eigenvalue weighted by Gasteiger charge is 2.30. The van der Waals surface area contributed by atoms with Gasteiger partial charge < -0.3 is 10.2 Å². The Balaban J connectivity index is 1.83. The number of hydrogen-bond acceptors (Lipinski definition) is 6. The molecule has 0 saturated carbocycles. The lowest BCUT2D eigenvalue weighted by molar-refractivity contribution is -0.116. The highest BCUT2D eigenvalue weighted by Crippen LogP contribution is 2.22. The van der Waals surface area contributed by atoms with Crippen LogP contribution in [-0.2, 0) is 14.6 Å². The summed E-state index contributed by atoms with van der Waals surface area (Å²) in [5.41, 5.74) is 0.714. The van der Waals surface area contributed by atoms with E-state index in [9.17, 15) is 13.2 Å². The van der Waals surface area contributed by atoms with E-state index in [0.717, 1.165) is 5.03 Å². The van der Waals surface area contributed by atoms with Crippen LogP contribution in [-0.4, -0.2) is 61.6 Å². The summed E-state index contributed by atoms with van der Waals surface area (Å²) in [6.45, 7) is 0.543. The molecule has 1 amide bonds. The smallest absolute Gasteiger partial charge is 0.225 e. The van der Waals surface area contributed by atoms with Gasteiger partial charge in [-0.15, -0.1) is 11.8 Å². The number of hydrogen-bond donors (Lipinski definition) is 1. The number of thioether (sulfide) groups is 1. The lowest BCUT2D eigenvalue weighted by Gasteiger charge is -2.22. The standard InChI is InChI=1S/C14H21N3O3S2/c1-17(11-6-9-22(19,20)10-11)8-5-13(18)16-12-4-3-7-15-14(12)21-2/h3-4,7,11H,5-6,8-10H2,1-2H3,(H,16,18). The maximum atomic E-state index is 12.0. The van der Waals surface area contributed by atoms with Gasteiger partial charge >= 0.3 is 0 Å². The van der Waals surface area contributed by atoms with Gasteiger partial charge in [-0.3, -0.25) is 4.79 Å². The summed E-state index contributed by atoms with van der Waals surface area (Å²) in [4.78, 5) is 18.2. The second-order valence-corrected chi connectivity index (χ2v) is 8.42. The van der Waals surface area contributed by atoms with Crippen molar-refractivity contribution in [2.75, 3.05) is 36.7 Å². The van der Waals surface area contributed by atoms with E-state index in [0.29, 0.717) is 25.1 Å². The molecule has 0 radical (unpaired) electrons. The largest absolute Gasteiger partial charge is 0.324 e. The molecule has 0 spiro atoms. The van der Waals surface area contributed by atoms with Crippen molar-refractivity contribution >= 4 is 33.2 Å². The van der Waals surface area contributed by atoms with Crippen molar-refractivity contribution in [1.29, 1.82) is 0 Å². The highest BCUT2D eigenvalue weighted by molar-refractivity contribution is 7.98. The summed E-state index contributed by atoms with van der Waals surface area (Å²) in [7, 11) is -1.02. The third-order valence-electron chi connectivity index (χ3n) is 3.76. The number of rotatable bonds is 6. The van der Waals surface area contributed by atoms with E-state index in [1.165, 1.54) is 11.8 Å². The van der Waals surface area contributed by atoms with Crippen LogP contribution in [0.5, 0.6) is 0 Å². The van der Waals surface area contributed by atoms with Crippen LogP contribution in [0.25, 0.3) is 0 Å². The van der Waals surface area contributed by atoms with Gasteiger partial charge in [0, 0.05) is 25.2 Å². The molecular weight excluding hydrogens is 322 g/mol. The number of sulfone groups is 1. The number of amides is 1. The van der Waals surface area contributed by atoms with Crippen LogP contribution in [0.2, 0.25) is 0 Å². The van der Waals surface area contributed by atoms with Crippen LogP contribution >= 0.6 is 11.8 Å². The molecule has 1 atom stereocenters. The molecule has 8 heteroatoms. The topological polar surface area (TPSA) is 79.4 Å². The van der Waals surface area contributed by atoms with E-state index in [-0.39, 0.29) is 23.5 Å². The molecule has 6 nitrogen and oxygen atoms in total. The minimum atomic E-state index is -2.89. The van der Waals surface area contributed by atoms with Crippen LogP contribution in [0.1, 0.15) is 12.8 Å². The Labute approximate surface area is 135 Å². The van der Waals surface area contributed by atoms with Gasteiger partial charge in [-0.25, -0.2) is 13.4 Å². The third-order valence-corrected chi connectivity index (χ3v) is 6.22. The summed E-state index contributed by atoms with van der Waals surface area (Å²) in [5, 5.41) is 3.64. The molecule has 22 heavy (non-hydrogen) atoms. The Kier molecular flexibility index (Phi) is 5.82. The van der Waals surface area contributed by atoms with Gasteiger partial charge in [0.25, 0.3) is 0 Å². The normalized spacial score (nSPS) is 20.2. The van der Waals surface area contributed by atoms with Crippen molar-refractivity contribution in [3.05, 3.63) is 18.3 Å². The highest BCUT2D eigenvalue weighted by atomic mass is 32.2. The molecule has 0 aromatic carbocycles. The van der Waals surface area contributed by atoms with Gasteiger partial charge in [-0.2, -0.15) is 0 Å². The first-order valence-electron chi connectivity index (χ1n) is 7.11. The first-order valence-corrected chi connectivity index (χ1v) is 10.2. The monoisotopic (exact) mass is 343 g/mol. The number of nitrogens with one attached hydrogen (secondary N) is 1. The molecule has 1 aliphatic heterocycles. The van der Waals surface area contributed by atoms with Gasteiger partial charge in [0.05, 0.1) is 17.2 Å². The maximum Gasteiger partial charge on any atom is 0.225 e. The van der Waals surface area contributed by atoms with Crippen molar-refractivity contribution in [3.8, 4) is 0 Å². The fraction of sp³-hybridized carbons (Fsp3) is 0.571. The molecular formula is C14H21N3O3S2. The van der Waals surface area contributed by atoms with Gasteiger partial charge in [0.2, 0.25) is 5.91 Å². The lowest BCUT2D eigenvalue weighted by Crippen LogP contribution is -2.35. The number of aromatic nitrogens is 1. The predicted octanol–water partition coefficient (Wildman–Crippen LogP) is 1.25. The summed E-state index contributed by atoms with van der Waals surface area (Å²) in [6, 6.07) is 3.63. The molecule has 1 aliphatic rings. The number of anilines is 1. The van der Waals surface area contributed by atoms with Gasteiger partial charge in [-0.1, -0.05) is 0 Å². The van der Waals surface area contributed by atoms with Gasteiger partial charge in [0.1, 0.15) is 5.03 Å². The molecule has 1 aromatic rings. The number of carbonyl (C=O) groups is 1. The Morgan fingerprint density at radius 3 is 2.95 bits per heavy atom. The lowest BCUT2D eigenvalue weighted by atomic mass is 10.2. The van der Waals surface area contributed by atoms with Crippen molar-refractivity contribution in [2.24, 2.45) is 0 Å². The minimum Gasteiger partial charge on any atom is -0.324 e. The molecule has 1 unspecified atom stereocenters. The van der Waals surface area contributed by atoms with E-state index >= 15 is 0 Å². The van der Waals surface area contributed by atoms with E-state index in [4.69, 9.17) is 0 Å². The van der Waals surface area contributed by atoms with E-state index in [2.05, 4.69) is 10.3 Å². The number of nitrogens with zero attached hydrogens (tertiary/aromatic N) is 2. The van der Waals surface area contributed by atoms with E-state index < -0.39 is 9.84 Å². The fourth-order valence-corrected chi connectivity index (χ4v) is 4.76. The van der Waals surface area contributed by atoms with Crippen molar-refractivity contribution in [1.82, 2.24) is 9.88 Å². The van der Waals surface area contributed by atoms with Crippen molar-refractivity contribution < 1.29 is 13.2 Å². The Morgan fingerprint density at radius 2 is 2.32 bits per heavy atom. The molecule has 1 saturated heterocycles. The molecule has 0 aliphatic carbocycles. The van der Waals surface area contributed by atoms with E-state index in [1.807, 2.05) is 24.3 Å². The molecule has 1 aromatic heterocycles. The third kappa shape index (κ3) is 4.69. The van der Waals surface area contributed by atoms with Crippen molar-refractivity contribution in [2.45, 2.75) is 23.9 Å². The summed E-state index contributed by atoms with van der Waals surface area (Å²) < 4.78 is 23.0. The summed E-state index contributed by atoms with van der Waals surface area (Å²) >= 11 is 1.48. The average molecular weight is 343 g/mol. The number of carbonyl (C=O) groups excluding carboxylic acids is 1. The van der Waals surface area contributed by atoms with Crippen molar-refractivity contribution in [3.63, 3.8) is 0 Å². The van der Waals surface area contributed by atoms with Crippen LogP contribution in [0.4, 0.5) is 5.69 Å². The zero-order valence-electron chi connectivity index (χ0n) is 12.8. The Bertz CT molecular complexity index is 634. The second kappa shape index (κ2) is 7.43. The molecule has 2 heterocycles. The fourth-order valence-electron chi connectivity index (χ4n) is 2.44. The molecule has 1 N–H and O–H groups in total. The Morgan fingerprint density at radius 1 is 1.55 bits per heavy atom. The van der Waals surface area contributed by atoms with Crippen LogP contribution < -0.4 is 5.32 Å². The van der Waals surface area contributed by atoms with Crippen LogP contribution in [0, 0.1) is 0 Å².